The molecule has 0 fully saturated rings. The molecule has 0 aliphatic heterocycles. The van der Waals surface area contributed by atoms with Gasteiger partial charge in [-0.25, -0.2) is 9.37 Å². The van der Waals surface area contributed by atoms with Crippen molar-refractivity contribution in [1.82, 2.24) is 9.55 Å². The zero-order chi connectivity index (χ0) is 11.7. The number of nitrogens with two attached hydrogens (primary N) is 1. The first kappa shape index (κ1) is 11.4. The minimum atomic E-state index is -0.256. The summed E-state index contributed by atoms with van der Waals surface area (Å²) in [6.07, 6.45) is 0. The normalized spacial score (nSPS) is 13.2. The molecule has 86 valence electrons. The van der Waals surface area contributed by atoms with E-state index in [1.54, 1.807) is 17.8 Å². The smallest absolute Gasteiger partial charge is 0.169 e. The Kier molecular flexibility index (Phi) is 3.16. The van der Waals surface area contributed by atoms with Gasteiger partial charge in [-0.05, 0) is 12.1 Å². The first-order chi connectivity index (χ1) is 7.61. The number of aromatic nitrogens is 2. The van der Waals surface area contributed by atoms with Gasteiger partial charge < -0.3 is 10.3 Å². The third kappa shape index (κ3) is 2.05. The van der Waals surface area contributed by atoms with Crippen molar-refractivity contribution in [2.24, 2.45) is 12.8 Å². The summed E-state index contributed by atoms with van der Waals surface area (Å²) in [5.41, 5.74) is 7.20. The fourth-order valence-electron chi connectivity index (χ4n) is 1.48. The van der Waals surface area contributed by atoms with E-state index in [-0.39, 0.29) is 5.82 Å². The summed E-state index contributed by atoms with van der Waals surface area (Å²) < 4.78 is 15.0. The lowest BCUT2D eigenvalue weighted by Gasteiger charge is -2.07. The van der Waals surface area contributed by atoms with E-state index in [0.717, 1.165) is 10.7 Å². The Bertz CT molecular complexity index is 509. The maximum absolute atomic E-state index is 13.0. The SMILES string of the molecule is CC(CN)Sc1nc2cc(F)ccc2n1C. The van der Waals surface area contributed by atoms with Crippen LogP contribution in [0.25, 0.3) is 11.0 Å². The van der Waals surface area contributed by atoms with Gasteiger partial charge in [0.25, 0.3) is 0 Å². The molecule has 2 rings (SSSR count). The molecule has 5 heteroatoms. The number of rotatable bonds is 3. The fraction of sp³-hybridized carbons (Fsp3) is 0.364. The van der Waals surface area contributed by atoms with Crippen LogP contribution in [0.5, 0.6) is 0 Å². The molecule has 1 heterocycles. The summed E-state index contributed by atoms with van der Waals surface area (Å²) in [6, 6.07) is 4.65. The second kappa shape index (κ2) is 4.43. The molecule has 0 radical (unpaired) electrons. The van der Waals surface area contributed by atoms with Crippen LogP contribution in [0.2, 0.25) is 0 Å². The van der Waals surface area contributed by atoms with E-state index >= 15 is 0 Å². The first-order valence-electron chi connectivity index (χ1n) is 5.10. The highest BCUT2D eigenvalue weighted by Crippen LogP contribution is 2.25. The molecule has 16 heavy (non-hydrogen) atoms. The molecule has 0 aliphatic carbocycles. The van der Waals surface area contributed by atoms with Crippen LogP contribution in [-0.4, -0.2) is 21.3 Å². The van der Waals surface area contributed by atoms with Gasteiger partial charge in [0, 0.05) is 24.9 Å². The molecule has 0 spiro atoms. The largest absolute Gasteiger partial charge is 0.329 e. The average Bonchev–Trinajstić information content (AvgIpc) is 2.55. The average molecular weight is 239 g/mol. The predicted molar refractivity (Wildman–Crippen MR) is 65.0 cm³/mol. The Hall–Kier alpha value is -1.07. The number of imidazole rings is 1. The van der Waals surface area contributed by atoms with E-state index in [1.165, 1.54) is 12.1 Å². The maximum Gasteiger partial charge on any atom is 0.169 e. The summed E-state index contributed by atoms with van der Waals surface area (Å²) in [7, 11) is 1.93. The van der Waals surface area contributed by atoms with Gasteiger partial charge in [-0.1, -0.05) is 18.7 Å². The van der Waals surface area contributed by atoms with Gasteiger partial charge in [0.1, 0.15) is 5.82 Å². The summed E-state index contributed by atoms with van der Waals surface area (Å²) in [6.45, 7) is 2.65. The number of nitrogens with zero attached hydrogens (tertiary/aromatic N) is 2. The van der Waals surface area contributed by atoms with Crippen LogP contribution in [0, 0.1) is 5.82 Å². The van der Waals surface area contributed by atoms with Crippen molar-refractivity contribution in [1.29, 1.82) is 0 Å². The van der Waals surface area contributed by atoms with Crippen molar-refractivity contribution in [2.75, 3.05) is 6.54 Å². The zero-order valence-corrected chi connectivity index (χ0v) is 10.1. The van der Waals surface area contributed by atoms with E-state index in [2.05, 4.69) is 4.98 Å². The fourth-order valence-corrected chi connectivity index (χ4v) is 2.35. The molecule has 0 saturated carbocycles. The minimum absolute atomic E-state index is 0.256. The molecular weight excluding hydrogens is 225 g/mol. The van der Waals surface area contributed by atoms with Crippen LogP contribution >= 0.6 is 11.8 Å². The van der Waals surface area contributed by atoms with Crippen molar-refractivity contribution in [3.05, 3.63) is 24.0 Å². The third-order valence-corrected chi connectivity index (χ3v) is 3.61. The van der Waals surface area contributed by atoms with E-state index < -0.39 is 0 Å². The third-order valence-electron chi connectivity index (χ3n) is 2.44. The van der Waals surface area contributed by atoms with Gasteiger partial charge >= 0.3 is 0 Å². The Labute approximate surface area is 97.8 Å². The molecule has 0 aliphatic rings. The van der Waals surface area contributed by atoms with E-state index in [4.69, 9.17) is 5.73 Å². The lowest BCUT2D eigenvalue weighted by molar-refractivity contribution is 0.629. The molecule has 3 nitrogen and oxygen atoms in total. The highest BCUT2D eigenvalue weighted by atomic mass is 32.2. The lowest BCUT2D eigenvalue weighted by atomic mass is 10.3. The lowest BCUT2D eigenvalue weighted by Crippen LogP contribution is -2.13. The number of hydrogen-bond acceptors (Lipinski definition) is 3. The molecule has 1 aromatic heterocycles. The van der Waals surface area contributed by atoms with Gasteiger partial charge in [0.15, 0.2) is 5.16 Å². The Morgan fingerprint density at radius 2 is 2.31 bits per heavy atom. The van der Waals surface area contributed by atoms with Crippen LogP contribution in [0.4, 0.5) is 4.39 Å². The number of aryl methyl sites for hydroxylation is 1. The van der Waals surface area contributed by atoms with Crippen molar-refractivity contribution >= 4 is 22.8 Å². The van der Waals surface area contributed by atoms with Crippen LogP contribution in [0.3, 0.4) is 0 Å². The van der Waals surface area contributed by atoms with Gasteiger partial charge in [0.05, 0.1) is 11.0 Å². The van der Waals surface area contributed by atoms with Crippen molar-refractivity contribution in [2.45, 2.75) is 17.3 Å². The van der Waals surface area contributed by atoms with Crippen LogP contribution < -0.4 is 5.73 Å². The van der Waals surface area contributed by atoms with Crippen LogP contribution in [0.1, 0.15) is 6.92 Å². The molecule has 1 aromatic carbocycles. The van der Waals surface area contributed by atoms with E-state index in [9.17, 15) is 4.39 Å². The monoisotopic (exact) mass is 239 g/mol. The highest BCUT2D eigenvalue weighted by Gasteiger charge is 2.11. The number of fused-ring (bicyclic) bond motifs is 1. The van der Waals surface area contributed by atoms with Crippen LogP contribution in [-0.2, 0) is 7.05 Å². The van der Waals surface area contributed by atoms with Gasteiger partial charge in [-0.3, -0.25) is 0 Å². The number of thioether (sulfide) groups is 1. The van der Waals surface area contributed by atoms with Gasteiger partial charge in [-0.2, -0.15) is 0 Å². The summed E-state index contributed by atoms with van der Waals surface area (Å²) >= 11 is 1.61. The quantitative estimate of drug-likeness (QED) is 0.835. The molecule has 1 atom stereocenters. The Morgan fingerprint density at radius 1 is 1.56 bits per heavy atom. The van der Waals surface area contributed by atoms with Crippen molar-refractivity contribution in [3.63, 3.8) is 0 Å². The molecule has 2 aromatic rings. The van der Waals surface area contributed by atoms with Gasteiger partial charge in [0.2, 0.25) is 0 Å². The molecule has 1 unspecified atom stereocenters. The van der Waals surface area contributed by atoms with Crippen molar-refractivity contribution < 1.29 is 4.39 Å². The summed E-state index contributed by atoms with van der Waals surface area (Å²) in [5, 5.41) is 1.18. The number of hydrogen-bond donors (Lipinski definition) is 1. The maximum atomic E-state index is 13.0. The Morgan fingerprint density at radius 3 is 3.00 bits per heavy atom. The second-order valence-corrected chi connectivity index (χ2v) is 5.16. The minimum Gasteiger partial charge on any atom is -0.329 e. The second-order valence-electron chi connectivity index (χ2n) is 3.75. The van der Waals surface area contributed by atoms with E-state index in [0.29, 0.717) is 17.3 Å². The zero-order valence-electron chi connectivity index (χ0n) is 9.27. The number of halogens is 1. The van der Waals surface area contributed by atoms with E-state index in [1.807, 2.05) is 18.5 Å². The standard InChI is InChI=1S/C11H14FN3S/c1-7(6-13)16-11-14-9-5-8(12)3-4-10(9)15(11)2/h3-5,7H,6,13H2,1-2H3. The Balaban J connectivity index is 2.43. The molecular formula is C11H14FN3S. The van der Waals surface area contributed by atoms with Crippen LogP contribution in [0.15, 0.2) is 23.4 Å². The van der Waals surface area contributed by atoms with Gasteiger partial charge in [-0.15, -0.1) is 0 Å². The first-order valence-corrected chi connectivity index (χ1v) is 5.98. The van der Waals surface area contributed by atoms with Crippen molar-refractivity contribution in [3.8, 4) is 0 Å². The number of benzene rings is 1. The predicted octanol–water partition coefficient (Wildman–Crippen LogP) is 2.15. The molecule has 2 N–H and O–H groups in total. The summed E-state index contributed by atoms with van der Waals surface area (Å²) in [5.74, 6) is -0.256. The highest BCUT2D eigenvalue weighted by molar-refractivity contribution is 7.99. The molecule has 0 amide bonds. The molecule has 0 saturated heterocycles. The molecule has 0 bridgehead atoms. The topological polar surface area (TPSA) is 43.8 Å². The summed E-state index contributed by atoms with van der Waals surface area (Å²) in [4.78, 5) is 4.39.